The van der Waals surface area contributed by atoms with Crippen molar-refractivity contribution in [3.63, 3.8) is 0 Å². The third kappa shape index (κ3) is 1.38. The van der Waals surface area contributed by atoms with Crippen LogP contribution in [-0.4, -0.2) is 50.3 Å². The van der Waals surface area contributed by atoms with E-state index in [-0.39, 0.29) is 0 Å². The summed E-state index contributed by atoms with van der Waals surface area (Å²) in [5.41, 5.74) is 0. The average molecular weight is 196 g/mol. The van der Waals surface area contributed by atoms with Gasteiger partial charge in [-0.1, -0.05) is 0 Å². The summed E-state index contributed by atoms with van der Waals surface area (Å²) < 4.78 is 5.33. The lowest BCUT2D eigenvalue weighted by Gasteiger charge is -2.40. The predicted octanol–water partition coefficient (Wildman–Crippen LogP) is 0.315. The normalized spacial score (nSPS) is 47.8. The molecule has 3 aliphatic rings. The largest absolute Gasteiger partial charge is 0.381 e. The standard InChI is InChI=1S/C11H20N2O/c1-14-11-2-10(3-11)13-6-8-4-12-5-9(8)7-13/h8-12H,2-7H2,1H3/t8-,9+,10?,11?. The highest BCUT2D eigenvalue weighted by Crippen LogP contribution is 2.35. The highest BCUT2D eigenvalue weighted by molar-refractivity contribution is 4.97. The summed E-state index contributed by atoms with van der Waals surface area (Å²) in [7, 11) is 1.84. The van der Waals surface area contributed by atoms with Gasteiger partial charge in [-0.3, -0.25) is 4.90 Å². The smallest absolute Gasteiger partial charge is 0.0601 e. The number of ether oxygens (including phenoxy) is 1. The maximum atomic E-state index is 5.33. The molecule has 0 spiro atoms. The lowest BCUT2D eigenvalue weighted by atomic mass is 9.88. The van der Waals surface area contributed by atoms with Crippen molar-refractivity contribution < 1.29 is 4.74 Å². The zero-order valence-corrected chi connectivity index (χ0v) is 8.91. The van der Waals surface area contributed by atoms with Crippen molar-refractivity contribution in [1.29, 1.82) is 0 Å². The van der Waals surface area contributed by atoms with E-state index < -0.39 is 0 Å². The Labute approximate surface area is 85.8 Å². The lowest BCUT2D eigenvalue weighted by Crippen LogP contribution is -2.47. The molecule has 3 heteroatoms. The van der Waals surface area contributed by atoms with E-state index in [1.165, 1.54) is 39.0 Å². The SMILES string of the molecule is COC1CC(N2C[C@H]3CNC[C@H]3C2)C1. The molecular formula is C11H20N2O. The van der Waals surface area contributed by atoms with Crippen LogP contribution in [0.15, 0.2) is 0 Å². The van der Waals surface area contributed by atoms with Crippen LogP contribution in [-0.2, 0) is 4.74 Å². The monoisotopic (exact) mass is 196 g/mol. The van der Waals surface area contributed by atoms with Crippen LogP contribution in [0.4, 0.5) is 0 Å². The van der Waals surface area contributed by atoms with E-state index >= 15 is 0 Å². The minimum atomic E-state index is 0.554. The summed E-state index contributed by atoms with van der Waals surface area (Å²) in [5.74, 6) is 1.88. The van der Waals surface area contributed by atoms with Crippen molar-refractivity contribution in [2.75, 3.05) is 33.3 Å². The molecule has 1 saturated carbocycles. The van der Waals surface area contributed by atoms with Crippen LogP contribution in [0.3, 0.4) is 0 Å². The lowest BCUT2D eigenvalue weighted by molar-refractivity contribution is -0.0221. The molecule has 0 amide bonds. The molecule has 0 aromatic heterocycles. The Morgan fingerprint density at radius 3 is 2.36 bits per heavy atom. The minimum absolute atomic E-state index is 0.554. The quantitative estimate of drug-likeness (QED) is 0.688. The van der Waals surface area contributed by atoms with E-state index in [1.807, 2.05) is 7.11 Å². The molecule has 3 nitrogen and oxygen atoms in total. The topological polar surface area (TPSA) is 24.5 Å². The molecular weight excluding hydrogens is 176 g/mol. The summed E-state index contributed by atoms with van der Waals surface area (Å²) in [6.45, 7) is 5.17. The van der Waals surface area contributed by atoms with E-state index in [2.05, 4.69) is 10.2 Å². The third-order valence-corrected chi connectivity index (χ3v) is 4.34. The molecule has 0 aromatic rings. The van der Waals surface area contributed by atoms with Gasteiger partial charge in [0.05, 0.1) is 6.10 Å². The molecule has 3 rings (SSSR count). The Balaban J connectivity index is 1.52. The van der Waals surface area contributed by atoms with Gasteiger partial charge < -0.3 is 10.1 Å². The molecule has 0 radical (unpaired) electrons. The van der Waals surface area contributed by atoms with Crippen molar-refractivity contribution >= 4 is 0 Å². The second kappa shape index (κ2) is 3.47. The number of rotatable bonds is 2. The van der Waals surface area contributed by atoms with Crippen LogP contribution in [0, 0.1) is 11.8 Å². The van der Waals surface area contributed by atoms with Gasteiger partial charge in [0.2, 0.25) is 0 Å². The van der Waals surface area contributed by atoms with E-state index in [0.29, 0.717) is 6.10 Å². The van der Waals surface area contributed by atoms with Gasteiger partial charge in [0.25, 0.3) is 0 Å². The Morgan fingerprint density at radius 2 is 1.79 bits per heavy atom. The first kappa shape index (κ1) is 9.13. The van der Waals surface area contributed by atoms with Crippen LogP contribution in [0.2, 0.25) is 0 Å². The molecule has 2 aliphatic heterocycles. The van der Waals surface area contributed by atoms with Gasteiger partial charge in [-0.05, 0) is 37.8 Å². The Kier molecular flexibility index (Phi) is 2.26. The Morgan fingerprint density at radius 1 is 1.14 bits per heavy atom. The highest BCUT2D eigenvalue weighted by Gasteiger charge is 2.42. The number of likely N-dealkylation sites (tertiary alicyclic amines) is 1. The summed E-state index contributed by atoms with van der Waals surface area (Å²) >= 11 is 0. The van der Waals surface area contributed by atoms with Crippen molar-refractivity contribution in [3.05, 3.63) is 0 Å². The first-order valence-electron chi connectivity index (χ1n) is 5.84. The van der Waals surface area contributed by atoms with E-state index in [4.69, 9.17) is 4.74 Å². The van der Waals surface area contributed by atoms with E-state index in [0.717, 1.165) is 17.9 Å². The van der Waals surface area contributed by atoms with Crippen LogP contribution < -0.4 is 5.32 Å². The van der Waals surface area contributed by atoms with Crippen molar-refractivity contribution in [3.8, 4) is 0 Å². The third-order valence-electron chi connectivity index (χ3n) is 4.34. The molecule has 0 aromatic carbocycles. The summed E-state index contributed by atoms with van der Waals surface area (Å²) in [4.78, 5) is 2.70. The molecule has 14 heavy (non-hydrogen) atoms. The highest BCUT2D eigenvalue weighted by atomic mass is 16.5. The molecule has 3 fully saturated rings. The Bertz CT molecular complexity index is 203. The number of nitrogens with one attached hydrogen (secondary N) is 1. The summed E-state index contributed by atoms with van der Waals surface area (Å²) in [6, 6.07) is 0.838. The second-order valence-corrected chi connectivity index (χ2v) is 5.12. The molecule has 2 saturated heterocycles. The summed E-state index contributed by atoms with van der Waals surface area (Å²) in [5, 5.41) is 3.49. The number of fused-ring (bicyclic) bond motifs is 1. The van der Waals surface area contributed by atoms with Crippen LogP contribution in [0.5, 0.6) is 0 Å². The number of nitrogens with zero attached hydrogens (tertiary/aromatic N) is 1. The van der Waals surface area contributed by atoms with Crippen LogP contribution in [0.1, 0.15) is 12.8 Å². The van der Waals surface area contributed by atoms with E-state index in [1.54, 1.807) is 0 Å². The van der Waals surface area contributed by atoms with Gasteiger partial charge in [-0.25, -0.2) is 0 Å². The maximum Gasteiger partial charge on any atom is 0.0601 e. The fourth-order valence-corrected chi connectivity index (χ4v) is 3.22. The Hall–Kier alpha value is -0.120. The van der Waals surface area contributed by atoms with E-state index in [9.17, 15) is 0 Å². The van der Waals surface area contributed by atoms with Crippen molar-refractivity contribution in [2.45, 2.75) is 25.0 Å². The zero-order valence-electron chi connectivity index (χ0n) is 8.91. The second-order valence-electron chi connectivity index (χ2n) is 5.12. The van der Waals surface area contributed by atoms with Crippen molar-refractivity contribution in [2.24, 2.45) is 11.8 Å². The van der Waals surface area contributed by atoms with Gasteiger partial charge in [0.1, 0.15) is 0 Å². The van der Waals surface area contributed by atoms with Crippen LogP contribution >= 0.6 is 0 Å². The van der Waals surface area contributed by atoms with Crippen molar-refractivity contribution in [1.82, 2.24) is 10.2 Å². The number of hydrogen-bond acceptors (Lipinski definition) is 3. The van der Waals surface area contributed by atoms with Gasteiger partial charge in [0.15, 0.2) is 0 Å². The van der Waals surface area contributed by atoms with Gasteiger partial charge in [0, 0.05) is 26.2 Å². The van der Waals surface area contributed by atoms with Crippen LogP contribution in [0.25, 0.3) is 0 Å². The average Bonchev–Trinajstić information content (AvgIpc) is 2.61. The molecule has 1 N–H and O–H groups in total. The van der Waals surface area contributed by atoms with Gasteiger partial charge >= 0.3 is 0 Å². The zero-order chi connectivity index (χ0) is 9.54. The molecule has 1 aliphatic carbocycles. The molecule has 2 heterocycles. The fraction of sp³-hybridized carbons (Fsp3) is 1.00. The number of hydrogen-bond donors (Lipinski definition) is 1. The number of methoxy groups -OCH3 is 1. The first-order valence-corrected chi connectivity index (χ1v) is 5.84. The predicted molar refractivity (Wildman–Crippen MR) is 55.2 cm³/mol. The molecule has 80 valence electrons. The minimum Gasteiger partial charge on any atom is -0.381 e. The fourth-order valence-electron chi connectivity index (χ4n) is 3.22. The maximum absolute atomic E-state index is 5.33. The molecule has 0 unspecified atom stereocenters. The molecule has 0 bridgehead atoms. The van der Waals surface area contributed by atoms with Gasteiger partial charge in [-0.15, -0.1) is 0 Å². The first-order chi connectivity index (χ1) is 6.86. The summed E-state index contributed by atoms with van der Waals surface area (Å²) in [6.07, 6.45) is 3.09. The van der Waals surface area contributed by atoms with Gasteiger partial charge in [-0.2, -0.15) is 0 Å². The molecule has 2 atom stereocenters.